The smallest absolute Gasteiger partial charge is 0.258 e. The van der Waals surface area contributed by atoms with E-state index < -0.39 is 0 Å². The number of anilines is 2. The van der Waals surface area contributed by atoms with E-state index in [0.29, 0.717) is 17.4 Å². The van der Waals surface area contributed by atoms with Crippen molar-refractivity contribution < 1.29 is 9.47 Å². The predicted octanol–water partition coefficient (Wildman–Crippen LogP) is 3.12. The zero-order valence-corrected chi connectivity index (χ0v) is 18.5. The third-order valence-electron chi connectivity index (χ3n) is 5.96. The topological polar surface area (TPSA) is 112 Å². The summed E-state index contributed by atoms with van der Waals surface area (Å²) in [5.74, 6) is 1.63. The minimum Gasteiger partial charge on any atom is -0.488 e. The average molecular weight is 433 g/mol. The molecule has 4 N–H and O–H groups in total. The Morgan fingerprint density at radius 2 is 1.97 bits per heavy atom. The van der Waals surface area contributed by atoms with E-state index in [1.807, 2.05) is 0 Å². The average Bonchev–Trinajstić information content (AvgIpc) is 3.58. The molecule has 0 amide bonds. The van der Waals surface area contributed by atoms with Gasteiger partial charge in [0.05, 0.1) is 24.2 Å². The Kier molecular flexibility index (Phi) is 5.30. The number of benzene rings is 1. The molecular formula is C24H28N6O2. The Hall–Kier alpha value is -3.39. The molecule has 3 heterocycles. The third-order valence-corrected chi connectivity index (χ3v) is 5.96. The number of hydrogen-bond donors (Lipinski definition) is 2. The summed E-state index contributed by atoms with van der Waals surface area (Å²) in [7, 11) is 2.15. The third kappa shape index (κ3) is 4.31. The van der Waals surface area contributed by atoms with Crippen LogP contribution >= 0.6 is 0 Å². The van der Waals surface area contributed by atoms with Crippen molar-refractivity contribution in [2.24, 2.45) is 0 Å². The van der Waals surface area contributed by atoms with Gasteiger partial charge in [-0.05, 0) is 68.1 Å². The van der Waals surface area contributed by atoms with E-state index >= 15 is 0 Å². The number of aryl methyl sites for hydroxylation is 1. The van der Waals surface area contributed by atoms with Crippen molar-refractivity contribution >= 4 is 11.6 Å². The zero-order chi connectivity index (χ0) is 22.2. The molecule has 0 spiro atoms. The van der Waals surface area contributed by atoms with Crippen LogP contribution in [0.4, 0.5) is 11.6 Å². The number of likely N-dealkylation sites (N-methyl/N-ethyl adjacent to an activating group) is 1. The van der Waals surface area contributed by atoms with Crippen LogP contribution in [0.2, 0.25) is 0 Å². The van der Waals surface area contributed by atoms with Crippen molar-refractivity contribution in [3.8, 4) is 22.9 Å². The van der Waals surface area contributed by atoms with E-state index in [-0.39, 0.29) is 18.5 Å². The first kappa shape index (κ1) is 20.5. The van der Waals surface area contributed by atoms with Gasteiger partial charge >= 0.3 is 0 Å². The van der Waals surface area contributed by atoms with Gasteiger partial charge in [0, 0.05) is 24.2 Å². The molecule has 8 heteroatoms. The second-order valence-electron chi connectivity index (χ2n) is 8.69. The molecule has 0 saturated heterocycles. The molecule has 2 aromatic heterocycles. The molecule has 166 valence electrons. The van der Waals surface area contributed by atoms with Gasteiger partial charge < -0.3 is 25.8 Å². The summed E-state index contributed by atoms with van der Waals surface area (Å²) in [4.78, 5) is 15.5. The Labute approximate surface area is 187 Å². The highest BCUT2D eigenvalue weighted by Gasteiger charge is 2.25. The summed E-state index contributed by atoms with van der Waals surface area (Å²) in [5.41, 5.74) is 18.6. The van der Waals surface area contributed by atoms with Crippen LogP contribution < -0.4 is 20.9 Å². The Morgan fingerprint density at radius 1 is 1.12 bits per heavy atom. The first-order valence-electron chi connectivity index (χ1n) is 10.9. The van der Waals surface area contributed by atoms with E-state index in [1.165, 1.54) is 16.7 Å². The monoisotopic (exact) mass is 432 g/mol. The minimum absolute atomic E-state index is 0.213. The van der Waals surface area contributed by atoms with Gasteiger partial charge in [0.25, 0.3) is 5.88 Å². The molecular weight excluding hydrogens is 404 g/mol. The summed E-state index contributed by atoms with van der Waals surface area (Å²) in [5, 5.41) is 0. The molecule has 0 unspecified atom stereocenters. The van der Waals surface area contributed by atoms with Crippen molar-refractivity contribution in [1.82, 2.24) is 19.9 Å². The van der Waals surface area contributed by atoms with Crippen molar-refractivity contribution in [2.75, 3.05) is 25.1 Å². The molecule has 0 atom stereocenters. The SMILES string of the molecule is Cc1cc(-c2cnc(N)c(OCc3cc(N)ncc3OC3CC3)n2)cc2c1CCN(C)C2. The number of ether oxygens (including phenoxy) is 2. The minimum atomic E-state index is 0.213. The summed E-state index contributed by atoms with van der Waals surface area (Å²) >= 11 is 0. The van der Waals surface area contributed by atoms with E-state index in [1.54, 1.807) is 18.5 Å². The normalized spacial score (nSPS) is 15.9. The van der Waals surface area contributed by atoms with Crippen LogP contribution in [-0.4, -0.2) is 39.5 Å². The van der Waals surface area contributed by atoms with Crippen LogP contribution in [0.1, 0.15) is 35.1 Å². The quantitative estimate of drug-likeness (QED) is 0.611. The van der Waals surface area contributed by atoms with Crippen molar-refractivity contribution in [2.45, 2.75) is 45.4 Å². The standard InChI is InChI=1S/C24H28N6O2/c1-14-7-15(8-16-12-30(2)6-5-19(14)16)20-10-28-23(26)24(29-20)31-13-17-9-22(25)27-11-21(17)32-18-3-4-18/h7-11,18H,3-6,12-13H2,1-2H3,(H2,25,27)(H2,26,28). The number of nitrogens with zero attached hydrogens (tertiary/aromatic N) is 4. The van der Waals surface area contributed by atoms with Crippen LogP contribution in [0, 0.1) is 6.92 Å². The number of rotatable bonds is 6. The summed E-state index contributed by atoms with van der Waals surface area (Å²) in [6, 6.07) is 6.13. The first-order valence-corrected chi connectivity index (χ1v) is 10.9. The molecule has 32 heavy (non-hydrogen) atoms. The number of hydrogen-bond acceptors (Lipinski definition) is 8. The fourth-order valence-electron chi connectivity index (χ4n) is 4.07. The van der Waals surface area contributed by atoms with Crippen LogP contribution in [0.15, 0.2) is 30.6 Å². The van der Waals surface area contributed by atoms with Crippen molar-refractivity contribution in [3.63, 3.8) is 0 Å². The van der Waals surface area contributed by atoms with E-state index in [9.17, 15) is 0 Å². The van der Waals surface area contributed by atoms with Gasteiger partial charge in [0.2, 0.25) is 0 Å². The Bertz CT molecular complexity index is 1160. The lowest BCUT2D eigenvalue weighted by Gasteiger charge is -2.27. The van der Waals surface area contributed by atoms with Crippen LogP contribution in [0.25, 0.3) is 11.3 Å². The maximum Gasteiger partial charge on any atom is 0.258 e. The fourth-order valence-corrected chi connectivity index (χ4v) is 4.07. The van der Waals surface area contributed by atoms with Gasteiger partial charge in [-0.2, -0.15) is 0 Å². The molecule has 1 fully saturated rings. The molecule has 2 aliphatic rings. The first-order chi connectivity index (χ1) is 15.5. The van der Waals surface area contributed by atoms with Crippen LogP contribution in [-0.2, 0) is 19.6 Å². The molecule has 3 aromatic rings. The lowest BCUT2D eigenvalue weighted by atomic mass is 9.92. The van der Waals surface area contributed by atoms with Crippen molar-refractivity contribution in [3.05, 3.63) is 52.8 Å². The van der Waals surface area contributed by atoms with Gasteiger partial charge in [-0.25, -0.2) is 15.0 Å². The molecule has 1 aliphatic carbocycles. The molecule has 8 nitrogen and oxygen atoms in total. The van der Waals surface area contributed by atoms with E-state index in [0.717, 1.165) is 49.2 Å². The number of aromatic nitrogens is 3. The zero-order valence-electron chi connectivity index (χ0n) is 18.5. The van der Waals surface area contributed by atoms with Crippen LogP contribution in [0.5, 0.6) is 11.6 Å². The van der Waals surface area contributed by atoms with Gasteiger partial charge in [0.15, 0.2) is 5.82 Å². The summed E-state index contributed by atoms with van der Waals surface area (Å²) < 4.78 is 11.9. The summed E-state index contributed by atoms with van der Waals surface area (Å²) in [6.45, 7) is 4.39. The highest BCUT2D eigenvalue weighted by molar-refractivity contribution is 5.64. The van der Waals surface area contributed by atoms with E-state index in [4.69, 9.17) is 20.9 Å². The van der Waals surface area contributed by atoms with E-state index in [2.05, 4.69) is 46.0 Å². The molecule has 0 radical (unpaired) electrons. The highest BCUT2D eigenvalue weighted by Crippen LogP contribution is 2.32. The van der Waals surface area contributed by atoms with Gasteiger partial charge in [-0.1, -0.05) is 0 Å². The number of fused-ring (bicyclic) bond motifs is 1. The lowest BCUT2D eigenvalue weighted by Crippen LogP contribution is -2.27. The second kappa shape index (κ2) is 8.27. The van der Waals surface area contributed by atoms with Gasteiger partial charge in [0.1, 0.15) is 18.2 Å². The van der Waals surface area contributed by atoms with Crippen molar-refractivity contribution in [1.29, 1.82) is 0 Å². The van der Waals surface area contributed by atoms with Gasteiger partial charge in [-0.3, -0.25) is 0 Å². The molecule has 0 bridgehead atoms. The second-order valence-corrected chi connectivity index (χ2v) is 8.69. The molecule has 1 aliphatic heterocycles. The predicted molar refractivity (Wildman–Crippen MR) is 123 cm³/mol. The highest BCUT2D eigenvalue weighted by atomic mass is 16.5. The fraction of sp³-hybridized carbons (Fsp3) is 0.375. The molecule has 1 aromatic carbocycles. The van der Waals surface area contributed by atoms with Crippen LogP contribution in [0.3, 0.4) is 0 Å². The maximum atomic E-state index is 6.08. The maximum absolute atomic E-state index is 6.08. The largest absolute Gasteiger partial charge is 0.488 e. The number of nitrogen functional groups attached to an aromatic ring is 2. The molecule has 1 saturated carbocycles. The Balaban J connectivity index is 1.40. The number of nitrogens with two attached hydrogens (primary N) is 2. The van der Waals surface area contributed by atoms with Gasteiger partial charge in [-0.15, -0.1) is 0 Å². The molecule has 5 rings (SSSR count). The number of pyridine rings is 1. The Morgan fingerprint density at radius 3 is 2.78 bits per heavy atom. The summed E-state index contributed by atoms with van der Waals surface area (Å²) in [6.07, 6.45) is 6.77. The lowest BCUT2D eigenvalue weighted by molar-refractivity contribution is 0.266.